The van der Waals surface area contributed by atoms with E-state index in [1.165, 1.54) is 0 Å². The largest absolute Gasteiger partial charge is 0.492 e. The number of hydrogen-bond acceptors (Lipinski definition) is 8. The van der Waals surface area contributed by atoms with Crippen LogP contribution in [0.5, 0.6) is 5.75 Å². The summed E-state index contributed by atoms with van der Waals surface area (Å²) in [4.78, 5) is 15.7. The summed E-state index contributed by atoms with van der Waals surface area (Å²) in [5.41, 5.74) is 5.60. The van der Waals surface area contributed by atoms with Crippen LogP contribution in [-0.4, -0.2) is 60.3 Å². The van der Waals surface area contributed by atoms with Gasteiger partial charge in [-0.3, -0.25) is 14.0 Å². The number of rotatable bonds is 9. The third-order valence-electron chi connectivity index (χ3n) is 6.97. The Labute approximate surface area is 226 Å². The highest BCUT2D eigenvalue weighted by atomic mass is 16.5. The topological polar surface area (TPSA) is 109 Å². The minimum Gasteiger partial charge on any atom is -0.492 e. The van der Waals surface area contributed by atoms with E-state index in [-0.39, 0.29) is 5.41 Å². The van der Waals surface area contributed by atoms with Crippen molar-refractivity contribution in [2.24, 2.45) is 12.5 Å². The van der Waals surface area contributed by atoms with Crippen molar-refractivity contribution in [1.82, 2.24) is 34.0 Å². The van der Waals surface area contributed by atoms with E-state index in [1.54, 1.807) is 11.0 Å². The van der Waals surface area contributed by atoms with Gasteiger partial charge >= 0.3 is 0 Å². The van der Waals surface area contributed by atoms with Gasteiger partial charge in [-0.05, 0) is 24.1 Å². The number of fused-ring (bicyclic) bond motifs is 1. The average Bonchev–Trinajstić information content (AvgIpc) is 3.57. The quantitative estimate of drug-likeness (QED) is 0.311. The summed E-state index contributed by atoms with van der Waals surface area (Å²) in [6.07, 6.45) is 9.19. The lowest BCUT2D eigenvalue weighted by atomic mass is 9.84. The Morgan fingerprint density at radius 1 is 1.05 bits per heavy atom. The van der Waals surface area contributed by atoms with Crippen LogP contribution in [0, 0.1) is 16.7 Å². The Balaban J connectivity index is 1.07. The number of pyridine rings is 1. The SMILES string of the molecule is Cn1cc(-c2ccc(CNc3cc(-c4cnc5cc(OCCN6CC(C)(C#N)C6)ccn45)ncn3)cc2)cn1. The smallest absolute Gasteiger partial charge is 0.140 e. The summed E-state index contributed by atoms with van der Waals surface area (Å²) in [5.74, 6) is 1.51. The molecule has 1 aliphatic rings. The highest BCUT2D eigenvalue weighted by Crippen LogP contribution is 2.28. The summed E-state index contributed by atoms with van der Waals surface area (Å²) in [7, 11) is 1.92. The number of anilines is 1. The predicted molar refractivity (Wildman–Crippen MR) is 148 cm³/mol. The summed E-state index contributed by atoms with van der Waals surface area (Å²) >= 11 is 0. The zero-order valence-electron chi connectivity index (χ0n) is 21.9. The first-order chi connectivity index (χ1) is 19.0. The molecule has 0 spiro atoms. The molecule has 6 rings (SSSR count). The van der Waals surface area contributed by atoms with Crippen LogP contribution in [0.2, 0.25) is 0 Å². The van der Waals surface area contributed by atoms with Gasteiger partial charge in [-0.25, -0.2) is 15.0 Å². The molecule has 0 unspecified atom stereocenters. The predicted octanol–water partition coefficient (Wildman–Crippen LogP) is 4.03. The molecule has 0 amide bonds. The highest BCUT2D eigenvalue weighted by Gasteiger charge is 2.38. The van der Waals surface area contributed by atoms with Crippen LogP contribution in [0.25, 0.3) is 28.2 Å². The number of imidazole rings is 1. The van der Waals surface area contributed by atoms with Crippen LogP contribution in [-0.2, 0) is 13.6 Å². The van der Waals surface area contributed by atoms with Gasteiger partial charge in [0, 0.05) is 63.3 Å². The minimum absolute atomic E-state index is 0.215. The number of hydrogen-bond donors (Lipinski definition) is 1. The lowest BCUT2D eigenvalue weighted by molar-refractivity contribution is 0.0477. The number of benzene rings is 1. The molecule has 10 heteroatoms. The van der Waals surface area contributed by atoms with Gasteiger partial charge in [0.15, 0.2) is 0 Å². The molecule has 1 aromatic carbocycles. The van der Waals surface area contributed by atoms with Crippen molar-refractivity contribution < 1.29 is 4.74 Å². The maximum atomic E-state index is 9.15. The molecular weight excluding hydrogens is 490 g/mol. The molecule has 1 saturated heterocycles. The normalized spacial score (nSPS) is 14.6. The number of ether oxygens (including phenoxy) is 1. The molecule has 1 aliphatic heterocycles. The average molecular weight is 520 g/mol. The third-order valence-corrected chi connectivity index (χ3v) is 6.97. The van der Waals surface area contributed by atoms with E-state index in [4.69, 9.17) is 10.00 Å². The summed E-state index contributed by atoms with van der Waals surface area (Å²) in [6.45, 7) is 5.60. The van der Waals surface area contributed by atoms with Crippen molar-refractivity contribution in [1.29, 1.82) is 5.26 Å². The number of nitriles is 1. The molecule has 0 aliphatic carbocycles. The monoisotopic (exact) mass is 519 g/mol. The fourth-order valence-electron chi connectivity index (χ4n) is 4.88. The van der Waals surface area contributed by atoms with Crippen molar-refractivity contribution >= 4 is 11.5 Å². The summed E-state index contributed by atoms with van der Waals surface area (Å²) < 4.78 is 9.74. The van der Waals surface area contributed by atoms with Gasteiger partial charge in [0.05, 0.1) is 35.3 Å². The van der Waals surface area contributed by atoms with Crippen molar-refractivity contribution in [3.8, 4) is 34.3 Å². The van der Waals surface area contributed by atoms with Gasteiger partial charge in [0.25, 0.3) is 0 Å². The first kappa shape index (κ1) is 24.6. The molecule has 1 N–H and O–H groups in total. The molecule has 5 aromatic rings. The van der Waals surface area contributed by atoms with Gasteiger partial charge < -0.3 is 10.1 Å². The second kappa shape index (κ2) is 10.2. The molecule has 0 saturated carbocycles. The molecule has 1 fully saturated rings. The molecular formula is C29H29N9O. The van der Waals surface area contributed by atoms with E-state index >= 15 is 0 Å². The number of nitrogens with one attached hydrogen (secondary N) is 1. The van der Waals surface area contributed by atoms with Crippen molar-refractivity contribution in [2.45, 2.75) is 13.5 Å². The second-order valence-corrected chi connectivity index (χ2v) is 10.2. The first-order valence-electron chi connectivity index (χ1n) is 12.9. The Morgan fingerprint density at radius 2 is 1.90 bits per heavy atom. The van der Waals surface area contributed by atoms with Gasteiger partial charge in [-0.2, -0.15) is 10.4 Å². The van der Waals surface area contributed by atoms with Gasteiger partial charge in [0.2, 0.25) is 0 Å². The van der Waals surface area contributed by atoms with E-state index in [2.05, 4.69) is 60.6 Å². The van der Waals surface area contributed by atoms with Crippen molar-refractivity contribution in [2.75, 3.05) is 31.6 Å². The molecule has 196 valence electrons. The molecule has 5 heterocycles. The van der Waals surface area contributed by atoms with Crippen molar-refractivity contribution in [3.05, 3.63) is 79.1 Å². The van der Waals surface area contributed by atoms with E-state index in [0.717, 1.165) is 64.9 Å². The van der Waals surface area contributed by atoms with Crippen LogP contribution < -0.4 is 10.1 Å². The molecule has 0 bridgehead atoms. The van der Waals surface area contributed by atoms with Crippen LogP contribution in [0.15, 0.2) is 73.6 Å². The van der Waals surface area contributed by atoms with Crippen LogP contribution in [0.4, 0.5) is 5.82 Å². The van der Waals surface area contributed by atoms with E-state index < -0.39 is 0 Å². The van der Waals surface area contributed by atoms with Crippen LogP contribution in [0.3, 0.4) is 0 Å². The molecule has 0 atom stereocenters. The van der Waals surface area contributed by atoms with Crippen LogP contribution >= 0.6 is 0 Å². The minimum atomic E-state index is -0.215. The standard InChI is InChI=1S/C29H29N9O/c1-29(17-30)18-37(19-29)9-10-39-24-7-8-38-26(15-32-28(38)11-24)25-12-27(34-20-33-25)31-13-21-3-5-22(6-4-21)23-14-35-36(2)16-23/h3-8,11-12,14-16,20H,9-10,13,18-19H2,1-2H3,(H,31,33,34). The maximum Gasteiger partial charge on any atom is 0.140 e. The zero-order valence-corrected chi connectivity index (χ0v) is 21.9. The van der Waals surface area contributed by atoms with Gasteiger partial charge in [-0.1, -0.05) is 24.3 Å². The number of aryl methyl sites for hydroxylation is 1. The lowest BCUT2D eigenvalue weighted by Gasteiger charge is -2.43. The number of aromatic nitrogens is 6. The highest BCUT2D eigenvalue weighted by molar-refractivity contribution is 5.64. The van der Waals surface area contributed by atoms with Gasteiger partial charge in [-0.15, -0.1) is 0 Å². The zero-order chi connectivity index (χ0) is 26.8. The first-order valence-corrected chi connectivity index (χ1v) is 12.9. The molecule has 39 heavy (non-hydrogen) atoms. The van der Waals surface area contributed by atoms with Gasteiger partial charge in [0.1, 0.15) is 30.1 Å². The fraction of sp³-hybridized carbons (Fsp3) is 0.276. The Morgan fingerprint density at radius 3 is 2.67 bits per heavy atom. The van der Waals surface area contributed by atoms with E-state index in [0.29, 0.717) is 13.2 Å². The summed E-state index contributed by atoms with van der Waals surface area (Å²) in [5, 5.41) is 16.8. The Hall–Kier alpha value is -4.75. The Kier molecular flexibility index (Phi) is 6.42. The number of nitrogens with zero attached hydrogens (tertiary/aromatic N) is 8. The molecule has 4 aromatic heterocycles. The van der Waals surface area contributed by atoms with E-state index in [1.807, 2.05) is 61.4 Å². The lowest BCUT2D eigenvalue weighted by Crippen LogP contribution is -2.54. The second-order valence-electron chi connectivity index (χ2n) is 10.2. The Bertz CT molecular complexity index is 1640. The van der Waals surface area contributed by atoms with Crippen molar-refractivity contribution in [3.63, 3.8) is 0 Å². The van der Waals surface area contributed by atoms with E-state index in [9.17, 15) is 0 Å². The third kappa shape index (κ3) is 5.30. The summed E-state index contributed by atoms with van der Waals surface area (Å²) in [6, 6.07) is 16.6. The number of likely N-dealkylation sites (tertiary alicyclic amines) is 1. The maximum absolute atomic E-state index is 9.15. The molecule has 10 nitrogen and oxygen atoms in total. The fourth-order valence-corrected chi connectivity index (χ4v) is 4.88. The molecule has 0 radical (unpaired) electrons. The van der Waals surface area contributed by atoms with Crippen LogP contribution in [0.1, 0.15) is 12.5 Å².